The maximum Gasteiger partial charge on any atom is 0.305 e. The number of hydrogen-bond acceptors (Lipinski definition) is 6. The highest BCUT2D eigenvalue weighted by molar-refractivity contribution is 7.08. The largest absolute Gasteiger partial charge is 0.481 e. The van der Waals surface area contributed by atoms with Gasteiger partial charge in [0, 0.05) is 17.0 Å². The summed E-state index contributed by atoms with van der Waals surface area (Å²) in [6, 6.07) is 1.47. The summed E-state index contributed by atoms with van der Waals surface area (Å²) in [5, 5.41) is 27.0. The quantitative estimate of drug-likeness (QED) is 0.781. The Kier molecular flexibility index (Phi) is 4.99. The van der Waals surface area contributed by atoms with Gasteiger partial charge in [-0.2, -0.15) is 16.1 Å². The molecule has 2 N–H and O–H groups in total. The van der Waals surface area contributed by atoms with Gasteiger partial charge >= 0.3 is 5.97 Å². The van der Waals surface area contributed by atoms with E-state index in [0.29, 0.717) is 12.2 Å². The lowest BCUT2D eigenvalue weighted by Gasteiger charge is -2.14. The summed E-state index contributed by atoms with van der Waals surface area (Å²) in [6.07, 6.45) is 0.441. The van der Waals surface area contributed by atoms with Crippen molar-refractivity contribution < 1.29 is 14.7 Å². The molecule has 0 saturated heterocycles. The van der Waals surface area contributed by atoms with Gasteiger partial charge in [0.15, 0.2) is 0 Å². The second kappa shape index (κ2) is 6.93. The van der Waals surface area contributed by atoms with Crippen molar-refractivity contribution in [3.05, 3.63) is 16.8 Å². The molecular weight excluding hydrogens is 294 g/mol. The Bertz CT molecular complexity index is 610. The molecule has 0 aliphatic rings. The Morgan fingerprint density at radius 3 is 2.95 bits per heavy atom. The minimum absolute atomic E-state index is 0.0900. The first-order valence-electron chi connectivity index (χ1n) is 6.40. The SMILES string of the molecule is CCC(CC(=O)O)NC(=O)Cn1nnc(-c2ccsc2)n1. The van der Waals surface area contributed by atoms with E-state index in [4.69, 9.17) is 5.11 Å². The van der Waals surface area contributed by atoms with E-state index in [0.717, 1.165) is 5.56 Å². The highest BCUT2D eigenvalue weighted by atomic mass is 32.1. The third-order valence-electron chi connectivity index (χ3n) is 2.80. The number of thiophene rings is 1. The number of aromatic nitrogens is 4. The van der Waals surface area contributed by atoms with Gasteiger partial charge in [-0.3, -0.25) is 9.59 Å². The van der Waals surface area contributed by atoms with Crippen molar-refractivity contribution in [1.29, 1.82) is 0 Å². The zero-order chi connectivity index (χ0) is 15.2. The standard InChI is InChI=1S/C12H15N5O3S/c1-2-9(5-11(19)20)13-10(18)6-17-15-12(14-16-17)8-3-4-21-7-8/h3-4,7,9H,2,5-6H2,1H3,(H,13,18)(H,19,20). The van der Waals surface area contributed by atoms with Crippen LogP contribution in [-0.4, -0.2) is 43.2 Å². The number of carbonyl (C=O) groups excluding carboxylic acids is 1. The van der Waals surface area contributed by atoms with E-state index in [1.165, 1.54) is 16.1 Å². The number of tetrazole rings is 1. The zero-order valence-corrected chi connectivity index (χ0v) is 12.2. The molecule has 2 aromatic rings. The molecule has 0 bridgehead atoms. The molecule has 8 nitrogen and oxygen atoms in total. The highest BCUT2D eigenvalue weighted by Gasteiger charge is 2.15. The van der Waals surface area contributed by atoms with Gasteiger partial charge in [-0.05, 0) is 23.1 Å². The number of nitrogens with one attached hydrogen (secondary N) is 1. The maximum atomic E-state index is 11.8. The van der Waals surface area contributed by atoms with Crippen LogP contribution in [0.5, 0.6) is 0 Å². The number of rotatable bonds is 7. The van der Waals surface area contributed by atoms with Crippen molar-refractivity contribution in [1.82, 2.24) is 25.5 Å². The van der Waals surface area contributed by atoms with Gasteiger partial charge in [-0.15, -0.1) is 10.2 Å². The lowest BCUT2D eigenvalue weighted by molar-refractivity contribution is -0.137. The number of carboxylic acid groups (broad SMARTS) is 1. The summed E-state index contributed by atoms with van der Waals surface area (Å²) in [4.78, 5) is 23.7. The second-order valence-corrected chi connectivity index (χ2v) is 5.21. The van der Waals surface area contributed by atoms with Gasteiger partial charge < -0.3 is 10.4 Å². The number of carboxylic acids is 1. The van der Waals surface area contributed by atoms with Gasteiger partial charge in [-0.25, -0.2) is 0 Å². The fourth-order valence-corrected chi connectivity index (χ4v) is 2.36. The number of nitrogens with zero attached hydrogens (tertiary/aromatic N) is 4. The highest BCUT2D eigenvalue weighted by Crippen LogP contribution is 2.16. The Hall–Kier alpha value is -2.29. The van der Waals surface area contributed by atoms with Crippen LogP contribution in [0, 0.1) is 0 Å². The molecule has 0 fully saturated rings. The van der Waals surface area contributed by atoms with Crippen LogP contribution in [0.15, 0.2) is 16.8 Å². The van der Waals surface area contributed by atoms with Gasteiger partial charge in [0.1, 0.15) is 6.54 Å². The first-order valence-corrected chi connectivity index (χ1v) is 7.34. The molecule has 0 aliphatic carbocycles. The molecule has 9 heteroatoms. The van der Waals surface area contributed by atoms with Crippen molar-refractivity contribution in [2.45, 2.75) is 32.4 Å². The summed E-state index contributed by atoms with van der Waals surface area (Å²) >= 11 is 1.52. The maximum absolute atomic E-state index is 11.8. The predicted octanol–water partition coefficient (Wildman–Crippen LogP) is 0.771. The van der Waals surface area contributed by atoms with E-state index in [1.807, 2.05) is 23.8 Å². The molecule has 0 aromatic carbocycles. The molecule has 112 valence electrons. The third-order valence-corrected chi connectivity index (χ3v) is 3.48. The number of amides is 1. The molecule has 1 atom stereocenters. The fraction of sp³-hybridized carbons (Fsp3) is 0.417. The van der Waals surface area contributed by atoms with Crippen LogP contribution < -0.4 is 5.32 Å². The molecule has 21 heavy (non-hydrogen) atoms. The van der Waals surface area contributed by atoms with E-state index in [-0.39, 0.29) is 18.9 Å². The Morgan fingerprint density at radius 2 is 2.33 bits per heavy atom. The zero-order valence-electron chi connectivity index (χ0n) is 11.4. The third kappa shape index (κ3) is 4.35. The second-order valence-electron chi connectivity index (χ2n) is 4.43. The molecule has 0 spiro atoms. The molecule has 1 unspecified atom stereocenters. The monoisotopic (exact) mass is 309 g/mol. The molecule has 0 saturated carbocycles. The summed E-state index contributed by atoms with van der Waals surface area (Å²) in [5.41, 5.74) is 0.851. The Labute approximate surface area is 124 Å². The summed E-state index contributed by atoms with van der Waals surface area (Å²) in [6.45, 7) is 1.73. The smallest absolute Gasteiger partial charge is 0.305 e. The van der Waals surface area contributed by atoms with Crippen LogP contribution in [0.2, 0.25) is 0 Å². The van der Waals surface area contributed by atoms with Crippen LogP contribution in [0.4, 0.5) is 0 Å². The summed E-state index contributed by atoms with van der Waals surface area (Å²) < 4.78 is 0. The van der Waals surface area contributed by atoms with Crippen LogP contribution in [0.3, 0.4) is 0 Å². The number of carbonyl (C=O) groups is 2. The van der Waals surface area contributed by atoms with Crippen molar-refractivity contribution >= 4 is 23.2 Å². The first-order chi connectivity index (χ1) is 10.1. The fourth-order valence-electron chi connectivity index (χ4n) is 1.73. The lowest BCUT2D eigenvalue weighted by atomic mass is 10.1. The van der Waals surface area contributed by atoms with E-state index in [9.17, 15) is 9.59 Å². The van der Waals surface area contributed by atoms with Crippen molar-refractivity contribution in [3.63, 3.8) is 0 Å². The summed E-state index contributed by atoms with van der Waals surface area (Å²) in [5.74, 6) is -0.820. The first kappa shape index (κ1) is 15.1. The van der Waals surface area contributed by atoms with E-state index >= 15 is 0 Å². The van der Waals surface area contributed by atoms with Crippen LogP contribution in [0.1, 0.15) is 19.8 Å². The van der Waals surface area contributed by atoms with E-state index < -0.39 is 12.0 Å². The van der Waals surface area contributed by atoms with E-state index in [1.54, 1.807) is 0 Å². The Balaban J connectivity index is 1.92. The summed E-state index contributed by atoms with van der Waals surface area (Å²) in [7, 11) is 0. The molecule has 2 rings (SSSR count). The van der Waals surface area contributed by atoms with Crippen molar-refractivity contribution in [3.8, 4) is 11.4 Å². The molecule has 0 radical (unpaired) electrons. The van der Waals surface area contributed by atoms with Gasteiger partial charge in [-0.1, -0.05) is 6.92 Å². The van der Waals surface area contributed by atoms with Crippen molar-refractivity contribution in [2.24, 2.45) is 0 Å². The topological polar surface area (TPSA) is 110 Å². The predicted molar refractivity (Wildman–Crippen MR) is 75.6 cm³/mol. The lowest BCUT2D eigenvalue weighted by Crippen LogP contribution is -2.38. The van der Waals surface area contributed by atoms with Gasteiger partial charge in [0.2, 0.25) is 11.7 Å². The average molecular weight is 309 g/mol. The van der Waals surface area contributed by atoms with Gasteiger partial charge in [0.05, 0.1) is 6.42 Å². The number of hydrogen-bond donors (Lipinski definition) is 2. The molecule has 2 aromatic heterocycles. The normalized spacial score (nSPS) is 12.0. The molecule has 1 amide bonds. The minimum Gasteiger partial charge on any atom is -0.481 e. The molecule has 2 heterocycles. The minimum atomic E-state index is -0.944. The van der Waals surface area contributed by atoms with Crippen LogP contribution in [0.25, 0.3) is 11.4 Å². The van der Waals surface area contributed by atoms with Crippen LogP contribution in [-0.2, 0) is 16.1 Å². The van der Waals surface area contributed by atoms with Gasteiger partial charge in [0.25, 0.3) is 0 Å². The number of aliphatic carboxylic acids is 1. The van der Waals surface area contributed by atoms with Crippen LogP contribution >= 0.6 is 11.3 Å². The van der Waals surface area contributed by atoms with Crippen molar-refractivity contribution in [2.75, 3.05) is 0 Å². The molecule has 0 aliphatic heterocycles. The average Bonchev–Trinajstić information content (AvgIpc) is 3.07. The van der Waals surface area contributed by atoms with E-state index in [2.05, 4.69) is 20.7 Å². The Morgan fingerprint density at radius 1 is 1.52 bits per heavy atom. The molecular formula is C12H15N5O3S.